The highest BCUT2D eigenvalue weighted by Crippen LogP contribution is 2.13. The molecule has 1 rings (SSSR count). The lowest BCUT2D eigenvalue weighted by molar-refractivity contribution is -0.120. The first-order valence-corrected chi connectivity index (χ1v) is 6.11. The Morgan fingerprint density at radius 2 is 1.74 bits per heavy atom. The SMILES string of the molecule is CC(C)OC(=O)c1ccc(NC(=O)C(C)(C)N)cc1. The summed E-state index contributed by atoms with van der Waals surface area (Å²) in [4.78, 5) is 23.3. The van der Waals surface area contributed by atoms with Crippen LogP contribution in [0.2, 0.25) is 0 Å². The summed E-state index contributed by atoms with van der Waals surface area (Å²) in [6.45, 7) is 6.82. The third-order valence-electron chi connectivity index (χ3n) is 2.31. The highest BCUT2D eigenvalue weighted by molar-refractivity contribution is 5.97. The van der Waals surface area contributed by atoms with Gasteiger partial charge in [-0.3, -0.25) is 4.79 Å². The molecule has 5 nitrogen and oxygen atoms in total. The van der Waals surface area contributed by atoms with Crippen LogP contribution in [-0.2, 0) is 9.53 Å². The lowest BCUT2D eigenvalue weighted by Gasteiger charge is -2.17. The third kappa shape index (κ3) is 4.71. The van der Waals surface area contributed by atoms with Gasteiger partial charge in [-0.1, -0.05) is 0 Å². The molecule has 19 heavy (non-hydrogen) atoms. The molecule has 0 bridgehead atoms. The van der Waals surface area contributed by atoms with Crippen LogP contribution in [0.3, 0.4) is 0 Å². The summed E-state index contributed by atoms with van der Waals surface area (Å²) in [6, 6.07) is 6.48. The molecule has 0 aliphatic rings. The minimum absolute atomic E-state index is 0.162. The van der Waals surface area contributed by atoms with Gasteiger partial charge in [-0.05, 0) is 52.0 Å². The fourth-order valence-corrected chi connectivity index (χ4v) is 1.26. The van der Waals surface area contributed by atoms with Crippen LogP contribution < -0.4 is 11.1 Å². The molecule has 0 aromatic heterocycles. The van der Waals surface area contributed by atoms with E-state index in [0.717, 1.165) is 0 Å². The van der Waals surface area contributed by atoms with E-state index in [1.807, 2.05) is 0 Å². The van der Waals surface area contributed by atoms with Gasteiger partial charge in [-0.25, -0.2) is 4.79 Å². The van der Waals surface area contributed by atoms with Crippen molar-refractivity contribution in [2.24, 2.45) is 5.73 Å². The summed E-state index contributed by atoms with van der Waals surface area (Å²) in [5.41, 5.74) is 5.76. The summed E-state index contributed by atoms with van der Waals surface area (Å²) >= 11 is 0. The molecule has 0 heterocycles. The maximum atomic E-state index is 11.7. The molecule has 1 aromatic rings. The standard InChI is InChI=1S/C14H20N2O3/c1-9(2)19-12(17)10-5-7-11(8-6-10)16-13(18)14(3,4)15/h5-9H,15H2,1-4H3,(H,16,18). The monoisotopic (exact) mass is 264 g/mol. The van der Waals surface area contributed by atoms with E-state index in [9.17, 15) is 9.59 Å². The second kappa shape index (κ2) is 5.84. The van der Waals surface area contributed by atoms with E-state index in [1.165, 1.54) is 0 Å². The molecule has 1 aromatic carbocycles. The van der Waals surface area contributed by atoms with E-state index in [-0.39, 0.29) is 18.0 Å². The summed E-state index contributed by atoms with van der Waals surface area (Å²) in [5, 5.41) is 2.67. The van der Waals surface area contributed by atoms with Crippen molar-refractivity contribution in [3.05, 3.63) is 29.8 Å². The molecule has 0 radical (unpaired) electrons. The second-order valence-corrected chi connectivity index (χ2v) is 5.21. The van der Waals surface area contributed by atoms with E-state index in [0.29, 0.717) is 11.3 Å². The molecule has 5 heteroatoms. The zero-order chi connectivity index (χ0) is 14.6. The van der Waals surface area contributed by atoms with Crippen molar-refractivity contribution in [2.75, 3.05) is 5.32 Å². The van der Waals surface area contributed by atoms with Crippen LogP contribution in [-0.4, -0.2) is 23.5 Å². The highest BCUT2D eigenvalue weighted by Gasteiger charge is 2.21. The van der Waals surface area contributed by atoms with E-state index in [2.05, 4.69) is 5.32 Å². The van der Waals surface area contributed by atoms with E-state index in [1.54, 1.807) is 52.0 Å². The normalized spacial score (nSPS) is 11.3. The predicted molar refractivity (Wildman–Crippen MR) is 73.9 cm³/mol. The molecule has 0 atom stereocenters. The number of amides is 1. The summed E-state index contributed by atoms with van der Waals surface area (Å²) < 4.78 is 5.07. The molecular weight excluding hydrogens is 244 g/mol. The average molecular weight is 264 g/mol. The second-order valence-electron chi connectivity index (χ2n) is 5.21. The van der Waals surface area contributed by atoms with Gasteiger partial charge in [0.05, 0.1) is 17.2 Å². The van der Waals surface area contributed by atoms with Crippen molar-refractivity contribution in [2.45, 2.75) is 39.3 Å². The lowest BCUT2D eigenvalue weighted by Crippen LogP contribution is -2.45. The topological polar surface area (TPSA) is 81.4 Å². The largest absolute Gasteiger partial charge is 0.459 e. The number of ether oxygens (including phenoxy) is 1. The van der Waals surface area contributed by atoms with Crippen molar-refractivity contribution >= 4 is 17.6 Å². The van der Waals surface area contributed by atoms with Gasteiger partial charge >= 0.3 is 5.97 Å². The maximum Gasteiger partial charge on any atom is 0.338 e. The molecule has 1 amide bonds. The zero-order valence-corrected chi connectivity index (χ0v) is 11.7. The summed E-state index contributed by atoms with van der Waals surface area (Å²) in [5.74, 6) is -0.669. The number of nitrogens with two attached hydrogens (primary N) is 1. The molecule has 104 valence electrons. The Bertz CT molecular complexity index is 459. The molecule has 3 N–H and O–H groups in total. The van der Waals surface area contributed by atoms with E-state index < -0.39 is 5.54 Å². The van der Waals surface area contributed by atoms with Crippen molar-refractivity contribution < 1.29 is 14.3 Å². The number of carbonyl (C=O) groups excluding carboxylic acids is 2. The van der Waals surface area contributed by atoms with Gasteiger partial charge in [0.15, 0.2) is 0 Å². The first kappa shape index (κ1) is 15.2. The van der Waals surface area contributed by atoms with Crippen LogP contribution in [0, 0.1) is 0 Å². The Balaban J connectivity index is 2.72. The Kier molecular flexibility index (Phi) is 4.67. The number of hydrogen-bond acceptors (Lipinski definition) is 4. The highest BCUT2D eigenvalue weighted by atomic mass is 16.5. The van der Waals surface area contributed by atoms with Crippen LogP contribution in [0.4, 0.5) is 5.69 Å². The quantitative estimate of drug-likeness (QED) is 0.814. The fraction of sp³-hybridized carbons (Fsp3) is 0.429. The van der Waals surface area contributed by atoms with Gasteiger partial charge in [0.1, 0.15) is 0 Å². The van der Waals surface area contributed by atoms with Gasteiger partial charge < -0.3 is 15.8 Å². The molecule has 0 aliphatic carbocycles. The molecule has 0 aliphatic heterocycles. The average Bonchev–Trinajstić information content (AvgIpc) is 2.27. The number of nitrogens with one attached hydrogen (secondary N) is 1. The minimum Gasteiger partial charge on any atom is -0.459 e. The van der Waals surface area contributed by atoms with Crippen molar-refractivity contribution in [1.82, 2.24) is 0 Å². The van der Waals surface area contributed by atoms with E-state index >= 15 is 0 Å². The summed E-state index contributed by atoms with van der Waals surface area (Å²) in [7, 11) is 0. The van der Waals surface area contributed by atoms with Crippen LogP contribution in [0.1, 0.15) is 38.1 Å². The molecule has 0 unspecified atom stereocenters. The number of anilines is 1. The third-order valence-corrected chi connectivity index (χ3v) is 2.31. The zero-order valence-electron chi connectivity index (χ0n) is 11.7. The van der Waals surface area contributed by atoms with Crippen molar-refractivity contribution in [3.8, 4) is 0 Å². The summed E-state index contributed by atoms with van der Waals surface area (Å²) in [6.07, 6.45) is -0.162. The molecular formula is C14H20N2O3. The Morgan fingerprint density at radius 1 is 1.21 bits per heavy atom. The number of benzene rings is 1. The first-order valence-electron chi connectivity index (χ1n) is 6.11. The maximum absolute atomic E-state index is 11.7. The Hall–Kier alpha value is -1.88. The number of hydrogen-bond donors (Lipinski definition) is 2. The number of rotatable bonds is 4. The van der Waals surface area contributed by atoms with Crippen LogP contribution in [0.15, 0.2) is 24.3 Å². The minimum atomic E-state index is -0.949. The van der Waals surface area contributed by atoms with Gasteiger partial charge in [0.25, 0.3) is 0 Å². The molecule has 0 spiro atoms. The van der Waals surface area contributed by atoms with Gasteiger partial charge in [0, 0.05) is 5.69 Å². The predicted octanol–water partition coefficient (Wildman–Crippen LogP) is 1.93. The van der Waals surface area contributed by atoms with Crippen LogP contribution in [0.5, 0.6) is 0 Å². The van der Waals surface area contributed by atoms with Gasteiger partial charge in [-0.2, -0.15) is 0 Å². The fourth-order valence-electron chi connectivity index (χ4n) is 1.26. The smallest absolute Gasteiger partial charge is 0.338 e. The molecule has 0 fully saturated rings. The molecule has 0 saturated heterocycles. The van der Waals surface area contributed by atoms with Gasteiger partial charge in [-0.15, -0.1) is 0 Å². The van der Waals surface area contributed by atoms with Gasteiger partial charge in [0.2, 0.25) is 5.91 Å². The number of esters is 1. The molecule has 0 saturated carbocycles. The number of carbonyl (C=O) groups is 2. The lowest BCUT2D eigenvalue weighted by atomic mass is 10.1. The van der Waals surface area contributed by atoms with Crippen molar-refractivity contribution in [3.63, 3.8) is 0 Å². The van der Waals surface area contributed by atoms with Crippen LogP contribution in [0.25, 0.3) is 0 Å². The first-order chi connectivity index (χ1) is 8.70. The van der Waals surface area contributed by atoms with E-state index in [4.69, 9.17) is 10.5 Å². The Morgan fingerprint density at radius 3 is 2.16 bits per heavy atom. The van der Waals surface area contributed by atoms with Crippen LogP contribution >= 0.6 is 0 Å². The van der Waals surface area contributed by atoms with Crippen molar-refractivity contribution in [1.29, 1.82) is 0 Å². The Labute approximate surface area is 113 Å².